The van der Waals surface area contributed by atoms with Crippen molar-refractivity contribution in [2.24, 2.45) is 11.1 Å². The van der Waals surface area contributed by atoms with Crippen molar-refractivity contribution < 1.29 is 9.57 Å². The fraction of sp³-hybridized carbons (Fsp3) is 0.833. The first-order chi connectivity index (χ1) is 4.38. The van der Waals surface area contributed by atoms with Gasteiger partial charge in [0.1, 0.15) is 0 Å². The molecule has 0 aromatic rings. The first kappa shape index (κ1) is 5.23. The monoisotopic (exact) mass is 127 g/mol. The lowest BCUT2D eigenvalue weighted by molar-refractivity contribution is -0.106. The van der Waals surface area contributed by atoms with Crippen LogP contribution in [0.5, 0.6) is 0 Å². The van der Waals surface area contributed by atoms with Gasteiger partial charge in [-0.2, -0.15) is 0 Å². The molecular formula is C6H9NO2. The van der Waals surface area contributed by atoms with Crippen molar-refractivity contribution in [1.29, 1.82) is 0 Å². The van der Waals surface area contributed by atoms with Crippen molar-refractivity contribution in [3.63, 3.8) is 0 Å². The number of hydrogen-bond acceptors (Lipinski definition) is 3. The SMILES string of the molecule is CC1=NO[C@@H]2OCC[C@H]12. The van der Waals surface area contributed by atoms with Crippen LogP contribution in [0.2, 0.25) is 0 Å². The van der Waals surface area contributed by atoms with E-state index in [0.717, 1.165) is 18.7 Å². The molecule has 2 atom stereocenters. The molecular weight excluding hydrogens is 118 g/mol. The molecule has 1 saturated heterocycles. The second kappa shape index (κ2) is 1.70. The highest BCUT2D eigenvalue weighted by atomic mass is 16.8. The highest BCUT2D eigenvalue weighted by Gasteiger charge is 2.36. The van der Waals surface area contributed by atoms with Crippen LogP contribution in [0.25, 0.3) is 0 Å². The molecule has 50 valence electrons. The molecule has 0 N–H and O–H groups in total. The van der Waals surface area contributed by atoms with Gasteiger partial charge in [0.2, 0.25) is 6.29 Å². The molecule has 0 aliphatic carbocycles. The fourth-order valence-electron chi connectivity index (χ4n) is 1.28. The molecule has 2 heterocycles. The van der Waals surface area contributed by atoms with Crippen LogP contribution in [0.1, 0.15) is 13.3 Å². The average molecular weight is 127 g/mol. The van der Waals surface area contributed by atoms with E-state index in [2.05, 4.69) is 5.16 Å². The van der Waals surface area contributed by atoms with E-state index in [0.29, 0.717) is 5.92 Å². The predicted molar refractivity (Wildman–Crippen MR) is 32.0 cm³/mol. The van der Waals surface area contributed by atoms with E-state index in [1.165, 1.54) is 0 Å². The van der Waals surface area contributed by atoms with Gasteiger partial charge in [-0.1, -0.05) is 5.16 Å². The third kappa shape index (κ3) is 0.645. The van der Waals surface area contributed by atoms with Gasteiger partial charge < -0.3 is 9.57 Å². The van der Waals surface area contributed by atoms with Gasteiger partial charge in [-0.15, -0.1) is 0 Å². The predicted octanol–water partition coefficient (Wildman–Crippen LogP) is 0.755. The minimum atomic E-state index is -0.0509. The molecule has 2 aliphatic rings. The lowest BCUT2D eigenvalue weighted by atomic mass is 10.0. The summed E-state index contributed by atoms with van der Waals surface area (Å²) < 4.78 is 5.21. The minimum Gasteiger partial charge on any atom is -0.363 e. The topological polar surface area (TPSA) is 30.8 Å². The van der Waals surface area contributed by atoms with Gasteiger partial charge in [-0.3, -0.25) is 0 Å². The van der Waals surface area contributed by atoms with E-state index in [9.17, 15) is 0 Å². The Balaban J connectivity index is 2.16. The van der Waals surface area contributed by atoms with E-state index < -0.39 is 0 Å². The molecule has 0 radical (unpaired) electrons. The molecule has 0 bridgehead atoms. The van der Waals surface area contributed by atoms with Crippen LogP contribution >= 0.6 is 0 Å². The average Bonchev–Trinajstić information content (AvgIpc) is 2.35. The molecule has 0 aromatic heterocycles. The maximum Gasteiger partial charge on any atom is 0.235 e. The molecule has 2 aliphatic heterocycles. The molecule has 9 heavy (non-hydrogen) atoms. The molecule has 3 heteroatoms. The minimum absolute atomic E-state index is 0.0509. The quantitative estimate of drug-likeness (QED) is 0.481. The molecule has 0 unspecified atom stereocenters. The van der Waals surface area contributed by atoms with Crippen LogP contribution < -0.4 is 0 Å². The largest absolute Gasteiger partial charge is 0.363 e. The zero-order chi connectivity index (χ0) is 6.27. The molecule has 0 saturated carbocycles. The Morgan fingerprint density at radius 3 is 3.33 bits per heavy atom. The van der Waals surface area contributed by atoms with Crippen molar-refractivity contribution in [3.05, 3.63) is 0 Å². The fourth-order valence-corrected chi connectivity index (χ4v) is 1.28. The van der Waals surface area contributed by atoms with Crippen molar-refractivity contribution in [3.8, 4) is 0 Å². The van der Waals surface area contributed by atoms with Gasteiger partial charge in [-0.05, 0) is 13.3 Å². The van der Waals surface area contributed by atoms with E-state index >= 15 is 0 Å². The summed E-state index contributed by atoms with van der Waals surface area (Å²) in [5, 5.41) is 3.81. The zero-order valence-electron chi connectivity index (χ0n) is 5.33. The summed E-state index contributed by atoms with van der Waals surface area (Å²) in [5.41, 5.74) is 1.08. The normalized spacial score (nSPS) is 39.9. The number of nitrogens with zero attached hydrogens (tertiary/aromatic N) is 1. The standard InChI is InChI=1S/C6H9NO2/c1-4-5-2-3-8-6(5)9-7-4/h5-6H,2-3H2,1H3/t5-,6+/m1/s1. The first-order valence-corrected chi connectivity index (χ1v) is 3.20. The Morgan fingerprint density at radius 2 is 2.56 bits per heavy atom. The highest BCUT2D eigenvalue weighted by molar-refractivity contribution is 5.85. The lowest BCUT2D eigenvalue weighted by Gasteiger charge is -2.03. The van der Waals surface area contributed by atoms with Crippen molar-refractivity contribution in [2.45, 2.75) is 19.6 Å². The number of oxime groups is 1. The van der Waals surface area contributed by atoms with Gasteiger partial charge in [0.05, 0.1) is 18.2 Å². The highest BCUT2D eigenvalue weighted by Crippen LogP contribution is 2.28. The smallest absolute Gasteiger partial charge is 0.235 e. The van der Waals surface area contributed by atoms with Crippen LogP contribution in [0.15, 0.2) is 5.16 Å². The molecule has 0 aromatic carbocycles. The van der Waals surface area contributed by atoms with Crippen molar-refractivity contribution in [1.82, 2.24) is 0 Å². The van der Waals surface area contributed by atoms with E-state index in [1.807, 2.05) is 6.92 Å². The maximum absolute atomic E-state index is 5.21. The van der Waals surface area contributed by atoms with Crippen molar-refractivity contribution in [2.75, 3.05) is 6.61 Å². The number of rotatable bonds is 0. The number of ether oxygens (including phenoxy) is 1. The van der Waals surface area contributed by atoms with Crippen LogP contribution in [-0.2, 0) is 9.57 Å². The van der Waals surface area contributed by atoms with Gasteiger partial charge >= 0.3 is 0 Å². The van der Waals surface area contributed by atoms with E-state index in [4.69, 9.17) is 9.57 Å². The molecule has 0 amide bonds. The van der Waals surface area contributed by atoms with Crippen LogP contribution in [0.3, 0.4) is 0 Å². The summed E-state index contributed by atoms with van der Waals surface area (Å²) in [4.78, 5) is 4.95. The van der Waals surface area contributed by atoms with Gasteiger partial charge in [0, 0.05) is 0 Å². The van der Waals surface area contributed by atoms with Gasteiger partial charge in [-0.25, -0.2) is 0 Å². The molecule has 1 fully saturated rings. The van der Waals surface area contributed by atoms with Crippen molar-refractivity contribution >= 4 is 5.71 Å². The summed E-state index contributed by atoms with van der Waals surface area (Å²) in [6.45, 7) is 2.81. The third-order valence-electron chi connectivity index (χ3n) is 1.88. The summed E-state index contributed by atoms with van der Waals surface area (Å²) in [6, 6.07) is 0. The summed E-state index contributed by atoms with van der Waals surface area (Å²) in [7, 11) is 0. The number of fused-ring (bicyclic) bond motifs is 1. The molecule has 0 spiro atoms. The Kier molecular flexibility index (Phi) is 0.990. The summed E-state index contributed by atoms with van der Waals surface area (Å²) in [5.74, 6) is 0.449. The van der Waals surface area contributed by atoms with E-state index in [-0.39, 0.29) is 6.29 Å². The van der Waals surface area contributed by atoms with Gasteiger partial charge in [0.25, 0.3) is 0 Å². The third-order valence-corrected chi connectivity index (χ3v) is 1.88. The van der Waals surface area contributed by atoms with E-state index in [1.54, 1.807) is 0 Å². The second-order valence-corrected chi connectivity index (χ2v) is 2.47. The lowest BCUT2D eigenvalue weighted by Crippen LogP contribution is -2.15. The summed E-state index contributed by atoms with van der Waals surface area (Å²) in [6.07, 6.45) is 1.02. The Labute approximate surface area is 53.6 Å². The summed E-state index contributed by atoms with van der Waals surface area (Å²) >= 11 is 0. The van der Waals surface area contributed by atoms with Crippen LogP contribution in [-0.4, -0.2) is 18.6 Å². The molecule has 2 rings (SSSR count). The second-order valence-electron chi connectivity index (χ2n) is 2.47. The van der Waals surface area contributed by atoms with Crippen LogP contribution in [0, 0.1) is 5.92 Å². The Bertz CT molecular complexity index is 155. The van der Waals surface area contributed by atoms with Gasteiger partial charge in [0.15, 0.2) is 0 Å². The Hall–Kier alpha value is -0.570. The first-order valence-electron chi connectivity index (χ1n) is 3.20. The zero-order valence-corrected chi connectivity index (χ0v) is 5.33. The Morgan fingerprint density at radius 1 is 1.67 bits per heavy atom. The van der Waals surface area contributed by atoms with Crippen LogP contribution in [0.4, 0.5) is 0 Å². The molecule has 3 nitrogen and oxygen atoms in total. The number of hydrogen-bond donors (Lipinski definition) is 0. The maximum atomic E-state index is 5.21.